The number of carbonyl (C=O) groups excluding carboxylic acids is 1. The van der Waals surface area contributed by atoms with Gasteiger partial charge in [-0.1, -0.05) is 45.0 Å². The van der Waals surface area contributed by atoms with Crippen LogP contribution in [0.1, 0.15) is 64.5 Å². The first kappa shape index (κ1) is 27.7. The fourth-order valence-electron chi connectivity index (χ4n) is 3.86. The van der Waals surface area contributed by atoms with Crippen LogP contribution in [0, 0.1) is 11.3 Å². The first-order valence-corrected chi connectivity index (χ1v) is 11.2. The number of amides is 1. The standard InChI is InChI=1S/C24H41N5O.HI/c1-18(11-12-24(2,3)4)28-23(26-5)27-15-19-8-6-9-20(14-19)16-29-13-7-10-21(17-29)22(25)30;/h6,8-9,14,18,21H,7,10-13,15-17H2,1-5H3,(H2,25,30)(H2,26,27,28);1H. The number of likely N-dealkylation sites (tertiary alicyclic amines) is 1. The molecule has 1 amide bonds. The van der Waals surface area contributed by atoms with Gasteiger partial charge in [0.15, 0.2) is 5.96 Å². The molecule has 0 saturated carbocycles. The van der Waals surface area contributed by atoms with Crippen LogP contribution in [0.5, 0.6) is 0 Å². The highest BCUT2D eigenvalue weighted by Crippen LogP contribution is 2.21. The molecule has 6 nitrogen and oxygen atoms in total. The van der Waals surface area contributed by atoms with Crippen LogP contribution in [-0.2, 0) is 17.9 Å². The van der Waals surface area contributed by atoms with Gasteiger partial charge < -0.3 is 16.4 Å². The molecule has 1 aromatic rings. The van der Waals surface area contributed by atoms with Gasteiger partial charge in [0.05, 0.1) is 5.92 Å². The number of nitrogens with two attached hydrogens (primary N) is 1. The molecule has 0 aliphatic carbocycles. The van der Waals surface area contributed by atoms with Crippen molar-refractivity contribution < 1.29 is 4.79 Å². The molecule has 2 rings (SSSR count). The second-order valence-corrected chi connectivity index (χ2v) is 9.87. The van der Waals surface area contributed by atoms with E-state index in [0.29, 0.717) is 11.5 Å². The Kier molecular flexibility index (Phi) is 11.8. The molecule has 4 N–H and O–H groups in total. The van der Waals surface area contributed by atoms with Crippen LogP contribution >= 0.6 is 24.0 Å². The Morgan fingerprint density at radius 1 is 1.32 bits per heavy atom. The summed E-state index contributed by atoms with van der Waals surface area (Å²) in [5, 5.41) is 6.92. The van der Waals surface area contributed by atoms with Crippen LogP contribution in [0.2, 0.25) is 0 Å². The minimum Gasteiger partial charge on any atom is -0.369 e. The summed E-state index contributed by atoms with van der Waals surface area (Å²) >= 11 is 0. The van der Waals surface area contributed by atoms with Crippen molar-refractivity contribution in [3.05, 3.63) is 35.4 Å². The minimum atomic E-state index is -0.173. The van der Waals surface area contributed by atoms with E-state index in [2.05, 4.69) is 72.5 Å². The van der Waals surface area contributed by atoms with E-state index in [1.54, 1.807) is 0 Å². The number of piperidine rings is 1. The third kappa shape index (κ3) is 10.7. The van der Waals surface area contributed by atoms with Crippen molar-refractivity contribution in [2.24, 2.45) is 22.1 Å². The van der Waals surface area contributed by atoms with Gasteiger partial charge in [0, 0.05) is 32.7 Å². The lowest BCUT2D eigenvalue weighted by atomic mass is 9.89. The normalized spacial score (nSPS) is 18.7. The Hall–Kier alpha value is -1.35. The van der Waals surface area contributed by atoms with E-state index < -0.39 is 0 Å². The van der Waals surface area contributed by atoms with Gasteiger partial charge in [0.2, 0.25) is 5.91 Å². The number of hydrogen-bond donors (Lipinski definition) is 3. The van der Waals surface area contributed by atoms with Gasteiger partial charge in [-0.3, -0.25) is 14.7 Å². The zero-order chi connectivity index (χ0) is 22.1. The van der Waals surface area contributed by atoms with E-state index in [4.69, 9.17) is 5.73 Å². The molecular formula is C24H42IN5O. The fraction of sp³-hybridized carbons (Fsp3) is 0.667. The number of halogens is 1. The lowest BCUT2D eigenvalue weighted by molar-refractivity contribution is -0.123. The molecule has 2 atom stereocenters. The number of aliphatic imine (C=N–C) groups is 1. The van der Waals surface area contributed by atoms with E-state index in [1.807, 2.05) is 7.05 Å². The molecule has 176 valence electrons. The van der Waals surface area contributed by atoms with Gasteiger partial charge in [0.25, 0.3) is 0 Å². The van der Waals surface area contributed by atoms with Gasteiger partial charge in [0.1, 0.15) is 0 Å². The maximum absolute atomic E-state index is 11.5. The fourth-order valence-corrected chi connectivity index (χ4v) is 3.86. The molecule has 0 bridgehead atoms. The predicted molar refractivity (Wildman–Crippen MR) is 141 cm³/mol. The van der Waals surface area contributed by atoms with E-state index in [-0.39, 0.29) is 35.8 Å². The predicted octanol–water partition coefficient (Wildman–Crippen LogP) is 3.88. The first-order chi connectivity index (χ1) is 14.2. The summed E-state index contributed by atoms with van der Waals surface area (Å²) in [7, 11) is 1.81. The molecule has 7 heteroatoms. The quantitative estimate of drug-likeness (QED) is 0.264. The number of benzene rings is 1. The Labute approximate surface area is 205 Å². The van der Waals surface area contributed by atoms with Crippen LogP contribution in [-0.4, -0.2) is 42.9 Å². The third-order valence-electron chi connectivity index (χ3n) is 5.70. The van der Waals surface area contributed by atoms with Crippen molar-refractivity contribution in [1.29, 1.82) is 0 Å². The molecule has 1 aliphatic heterocycles. The first-order valence-electron chi connectivity index (χ1n) is 11.2. The number of nitrogens with zero attached hydrogens (tertiary/aromatic N) is 2. The van der Waals surface area contributed by atoms with Crippen molar-refractivity contribution in [2.75, 3.05) is 20.1 Å². The average molecular weight is 544 g/mol. The monoisotopic (exact) mass is 543 g/mol. The van der Waals surface area contributed by atoms with Crippen molar-refractivity contribution in [1.82, 2.24) is 15.5 Å². The highest BCUT2D eigenvalue weighted by atomic mass is 127. The molecule has 0 spiro atoms. The zero-order valence-corrected chi connectivity index (χ0v) is 22.2. The summed E-state index contributed by atoms with van der Waals surface area (Å²) in [5.41, 5.74) is 8.35. The van der Waals surface area contributed by atoms with Crippen molar-refractivity contribution in [3.63, 3.8) is 0 Å². The lowest BCUT2D eigenvalue weighted by Crippen LogP contribution is -2.42. The number of carbonyl (C=O) groups is 1. The number of guanidine groups is 1. The Morgan fingerprint density at radius 2 is 2.03 bits per heavy atom. The number of nitrogens with one attached hydrogen (secondary N) is 2. The number of hydrogen-bond acceptors (Lipinski definition) is 3. The highest BCUT2D eigenvalue weighted by molar-refractivity contribution is 14.0. The Bertz CT molecular complexity index is 716. The number of primary amides is 1. The molecule has 1 saturated heterocycles. The molecule has 1 aromatic carbocycles. The summed E-state index contributed by atoms with van der Waals surface area (Å²) in [4.78, 5) is 18.2. The van der Waals surface area contributed by atoms with Crippen LogP contribution in [0.3, 0.4) is 0 Å². The van der Waals surface area contributed by atoms with Crippen molar-refractivity contribution in [2.45, 2.75) is 72.5 Å². The maximum Gasteiger partial charge on any atom is 0.221 e. The largest absolute Gasteiger partial charge is 0.369 e. The maximum atomic E-state index is 11.5. The average Bonchev–Trinajstić information content (AvgIpc) is 2.69. The number of rotatable bonds is 8. The van der Waals surface area contributed by atoms with Crippen molar-refractivity contribution >= 4 is 35.8 Å². The van der Waals surface area contributed by atoms with E-state index in [0.717, 1.165) is 51.4 Å². The van der Waals surface area contributed by atoms with E-state index >= 15 is 0 Å². The Morgan fingerprint density at radius 3 is 2.68 bits per heavy atom. The SMILES string of the molecule is CN=C(NCc1cccc(CN2CCCC(C(N)=O)C2)c1)NC(C)CCC(C)(C)C.I. The van der Waals surface area contributed by atoms with E-state index in [9.17, 15) is 4.79 Å². The van der Waals surface area contributed by atoms with Crippen LogP contribution in [0.15, 0.2) is 29.3 Å². The molecule has 1 aliphatic rings. The summed E-state index contributed by atoms with van der Waals surface area (Å²) < 4.78 is 0. The minimum absolute atomic E-state index is 0. The molecule has 0 radical (unpaired) electrons. The van der Waals surface area contributed by atoms with Crippen LogP contribution < -0.4 is 16.4 Å². The van der Waals surface area contributed by atoms with Gasteiger partial charge in [-0.2, -0.15) is 0 Å². The lowest BCUT2D eigenvalue weighted by Gasteiger charge is -2.31. The summed E-state index contributed by atoms with van der Waals surface area (Å²) in [5.74, 6) is 0.647. The van der Waals surface area contributed by atoms with Crippen LogP contribution in [0.25, 0.3) is 0 Å². The molecular weight excluding hydrogens is 501 g/mol. The van der Waals surface area contributed by atoms with Gasteiger partial charge in [-0.15, -0.1) is 24.0 Å². The molecule has 2 unspecified atom stereocenters. The topological polar surface area (TPSA) is 82.8 Å². The molecule has 1 fully saturated rings. The second-order valence-electron chi connectivity index (χ2n) is 9.87. The zero-order valence-electron chi connectivity index (χ0n) is 19.9. The molecule has 31 heavy (non-hydrogen) atoms. The van der Waals surface area contributed by atoms with Gasteiger partial charge >= 0.3 is 0 Å². The molecule has 0 aromatic heterocycles. The van der Waals surface area contributed by atoms with Crippen molar-refractivity contribution in [3.8, 4) is 0 Å². The third-order valence-corrected chi connectivity index (χ3v) is 5.70. The van der Waals surface area contributed by atoms with Crippen LogP contribution in [0.4, 0.5) is 0 Å². The second kappa shape index (κ2) is 13.3. The Balaban J connectivity index is 0.00000480. The summed E-state index contributed by atoms with van der Waals surface area (Å²) in [6, 6.07) is 8.99. The summed E-state index contributed by atoms with van der Waals surface area (Å²) in [6.07, 6.45) is 4.23. The van der Waals surface area contributed by atoms with E-state index in [1.165, 1.54) is 17.5 Å². The van der Waals surface area contributed by atoms with Gasteiger partial charge in [-0.05, 0) is 55.7 Å². The molecule has 1 heterocycles. The van der Waals surface area contributed by atoms with Gasteiger partial charge in [-0.25, -0.2) is 0 Å². The highest BCUT2D eigenvalue weighted by Gasteiger charge is 2.23. The summed E-state index contributed by atoms with van der Waals surface area (Å²) in [6.45, 7) is 12.4. The smallest absolute Gasteiger partial charge is 0.221 e.